The van der Waals surface area contributed by atoms with Gasteiger partial charge in [0.1, 0.15) is 0 Å². The van der Waals surface area contributed by atoms with Crippen LogP contribution in [0, 0.1) is 0 Å². The number of pyridine rings is 1. The highest BCUT2D eigenvalue weighted by Gasteiger charge is 2.16. The first-order chi connectivity index (χ1) is 12.2. The predicted octanol–water partition coefficient (Wildman–Crippen LogP) is 3.48. The van der Waals surface area contributed by atoms with E-state index in [9.17, 15) is 4.79 Å². The summed E-state index contributed by atoms with van der Waals surface area (Å²) in [6.45, 7) is 0. The van der Waals surface area contributed by atoms with Crippen molar-refractivity contribution in [3.05, 3.63) is 102 Å². The number of nitrogens with one attached hydrogen (secondary N) is 2. The Labute approximate surface area is 151 Å². The van der Waals surface area contributed by atoms with Gasteiger partial charge in [-0.05, 0) is 47.6 Å². The second kappa shape index (κ2) is 8.17. The summed E-state index contributed by atoms with van der Waals surface area (Å²) < 4.78 is 0. The molecular formula is C20H17N3OS. The topological polar surface area (TPSA) is 54.0 Å². The number of nitrogens with zero attached hydrogens (tertiary/aromatic N) is 1. The summed E-state index contributed by atoms with van der Waals surface area (Å²) in [4.78, 5) is 16.3. The molecule has 1 aromatic heterocycles. The molecule has 0 fully saturated rings. The van der Waals surface area contributed by atoms with Gasteiger partial charge < -0.3 is 5.32 Å². The third-order valence-electron chi connectivity index (χ3n) is 3.71. The normalized spacial score (nSPS) is 11.4. The van der Waals surface area contributed by atoms with Crippen molar-refractivity contribution in [3.63, 3.8) is 0 Å². The van der Waals surface area contributed by atoms with Crippen molar-refractivity contribution in [2.45, 2.75) is 6.04 Å². The molecule has 0 bridgehead atoms. The summed E-state index contributed by atoms with van der Waals surface area (Å²) in [6, 6.07) is 22.6. The Kier molecular flexibility index (Phi) is 5.49. The largest absolute Gasteiger partial charge is 0.351 e. The molecule has 0 spiro atoms. The van der Waals surface area contributed by atoms with Crippen LogP contribution in [0.2, 0.25) is 0 Å². The smallest absolute Gasteiger partial charge is 0.257 e. The zero-order chi connectivity index (χ0) is 17.5. The number of rotatable bonds is 4. The van der Waals surface area contributed by atoms with Gasteiger partial charge >= 0.3 is 0 Å². The molecule has 0 saturated carbocycles. The van der Waals surface area contributed by atoms with Crippen LogP contribution in [0.1, 0.15) is 27.5 Å². The number of carbonyl (C=O) groups excluding carboxylic acids is 1. The van der Waals surface area contributed by atoms with Gasteiger partial charge in [0, 0.05) is 18.0 Å². The van der Waals surface area contributed by atoms with E-state index in [0.717, 1.165) is 11.1 Å². The van der Waals surface area contributed by atoms with Crippen LogP contribution in [-0.2, 0) is 0 Å². The first-order valence-electron chi connectivity index (χ1n) is 7.86. The SMILES string of the molecule is O=C(NC(=S)N[C@@H](c1ccccc1)c1ccncc1)c1ccccc1. The molecule has 1 atom stereocenters. The van der Waals surface area contributed by atoms with Gasteiger partial charge in [-0.3, -0.25) is 15.1 Å². The highest BCUT2D eigenvalue weighted by molar-refractivity contribution is 7.80. The number of hydrogen-bond acceptors (Lipinski definition) is 3. The fourth-order valence-electron chi connectivity index (χ4n) is 2.49. The molecule has 0 saturated heterocycles. The monoisotopic (exact) mass is 347 g/mol. The molecular weight excluding hydrogens is 330 g/mol. The van der Waals surface area contributed by atoms with Crippen molar-refractivity contribution in [1.29, 1.82) is 0 Å². The molecule has 2 N–H and O–H groups in total. The quantitative estimate of drug-likeness (QED) is 0.710. The maximum absolute atomic E-state index is 12.3. The molecule has 124 valence electrons. The van der Waals surface area contributed by atoms with E-state index in [-0.39, 0.29) is 17.1 Å². The van der Waals surface area contributed by atoms with Crippen molar-refractivity contribution in [3.8, 4) is 0 Å². The molecule has 2 aromatic carbocycles. The average Bonchev–Trinajstić information content (AvgIpc) is 2.68. The molecule has 5 heteroatoms. The highest BCUT2D eigenvalue weighted by atomic mass is 32.1. The van der Waals surface area contributed by atoms with E-state index >= 15 is 0 Å². The van der Waals surface area contributed by atoms with Crippen LogP contribution in [0.15, 0.2) is 85.2 Å². The van der Waals surface area contributed by atoms with Gasteiger partial charge in [0.25, 0.3) is 5.91 Å². The van der Waals surface area contributed by atoms with E-state index in [1.54, 1.807) is 24.5 Å². The van der Waals surface area contributed by atoms with Gasteiger partial charge in [-0.15, -0.1) is 0 Å². The summed E-state index contributed by atoms with van der Waals surface area (Å²) in [6.07, 6.45) is 3.47. The molecule has 0 aliphatic carbocycles. The first kappa shape index (κ1) is 16.8. The lowest BCUT2D eigenvalue weighted by Crippen LogP contribution is -2.41. The van der Waals surface area contributed by atoms with Crippen molar-refractivity contribution in [1.82, 2.24) is 15.6 Å². The fourth-order valence-corrected chi connectivity index (χ4v) is 2.70. The minimum absolute atomic E-state index is 0.173. The van der Waals surface area contributed by atoms with Crippen LogP contribution in [0.5, 0.6) is 0 Å². The number of benzene rings is 2. The zero-order valence-corrected chi connectivity index (χ0v) is 14.2. The van der Waals surface area contributed by atoms with Crippen LogP contribution in [0.25, 0.3) is 0 Å². The number of carbonyl (C=O) groups is 1. The van der Waals surface area contributed by atoms with E-state index in [4.69, 9.17) is 12.2 Å². The molecule has 4 nitrogen and oxygen atoms in total. The van der Waals surface area contributed by atoms with E-state index in [1.807, 2.05) is 60.7 Å². The average molecular weight is 347 g/mol. The van der Waals surface area contributed by atoms with Gasteiger partial charge in [-0.1, -0.05) is 48.5 Å². The number of thiocarbonyl (C=S) groups is 1. The van der Waals surface area contributed by atoms with Crippen LogP contribution >= 0.6 is 12.2 Å². The second-order valence-electron chi connectivity index (χ2n) is 5.42. The van der Waals surface area contributed by atoms with E-state index < -0.39 is 0 Å². The Bertz CT molecular complexity index is 799. The second-order valence-corrected chi connectivity index (χ2v) is 5.83. The predicted molar refractivity (Wildman–Crippen MR) is 102 cm³/mol. The Morgan fingerprint density at radius 2 is 1.40 bits per heavy atom. The lowest BCUT2D eigenvalue weighted by atomic mass is 10.00. The fraction of sp³-hybridized carbons (Fsp3) is 0.0500. The maximum Gasteiger partial charge on any atom is 0.257 e. The molecule has 0 unspecified atom stereocenters. The van der Waals surface area contributed by atoms with Crippen LogP contribution in [0.3, 0.4) is 0 Å². The Morgan fingerprint density at radius 1 is 0.840 bits per heavy atom. The van der Waals surface area contributed by atoms with Gasteiger partial charge in [-0.25, -0.2) is 0 Å². The zero-order valence-electron chi connectivity index (χ0n) is 13.4. The lowest BCUT2D eigenvalue weighted by molar-refractivity contribution is 0.0976. The van der Waals surface area contributed by atoms with Gasteiger partial charge in [0.15, 0.2) is 5.11 Å². The van der Waals surface area contributed by atoms with Crippen LogP contribution < -0.4 is 10.6 Å². The third-order valence-corrected chi connectivity index (χ3v) is 3.93. The molecule has 25 heavy (non-hydrogen) atoms. The Hall–Kier alpha value is -3.05. The minimum Gasteiger partial charge on any atom is -0.351 e. The molecule has 3 rings (SSSR count). The lowest BCUT2D eigenvalue weighted by Gasteiger charge is -2.21. The van der Waals surface area contributed by atoms with Crippen LogP contribution in [-0.4, -0.2) is 16.0 Å². The van der Waals surface area contributed by atoms with Gasteiger partial charge in [-0.2, -0.15) is 0 Å². The van der Waals surface area contributed by atoms with Gasteiger partial charge in [0.05, 0.1) is 6.04 Å². The van der Waals surface area contributed by atoms with Gasteiger partial charge in [0.2, 0.25) is 0 Å². The highest BCUT2D eigenvalue weighted by Crippen LogP contribution is 2.21. The summed E-state index contributed by atoms with van der Waals surface area (Å²) in [5.41, 5.74) is 2.62. The maximum atomic E-state index is 12.3. The van der Waals surface area contributed by atoms with Crippen molar-refractivity contribution in [2.75, 3.05) is 0 Å². The summed E-state index contributed by atoms with van der Waals surface area (Å²) in [5.74, 6) is -0.236. The van der Waals surface area contributed by atoms with Crippen molar-refractivity contribution >= 4 is 23.2 Å². The molecule has 1 amide bonds. The number of aromatic nitrogens is 1. The number of amides is 1. The molecule has 0 aliphatic rings. The standard InChI is InChI=1S/C20H17N3OS/c24-19(17-9-5-2-6-10-17)23-20(25)22-18(15-7-3-1-4-8-15)16-11-13-21-14-12-16/h1-14,18H,(H2,22,23,24,25)/t18-/m0/s1. The Balaban J connectivity index is 1.76. The van der Waals surface area contributed by atoms with E-state index in [0.29, 0.717) is 5.56 Å². The summed E-state index contributed by atoms with van der Waals surface area (Å²) >= 11 is 5.35. The molecule has 0 radical (unpaired) electrons. The van der Waals surface area contributed by atoms with E-state index in [1.165, 1.54) is 0 Å². The summed E-state index contributed by atoms with van der Waals surface area (Å²) in [7, 11) is 0. The summed E-state index contributed by atoms with van der Waals surface area (Å²) in [5, 5.41) is 6.23. The minimum atomic E-state index is -0.236. The molecule has 3 aromatic rings. The van der Waals surface area contributed by atoms with Crippen LogP contribution in [0.4, 0.5) is 0 Å². The molecule has 0 aliphatic heterocycles. The van der Waals surface area contributed by atoms with Crippen molar-refractivity contribution < 1.29 is 4.79 Å². The third kappa shape index (κ3) is 4.49. The first-order valence-corrected chi connectivity index (χ1v) is 8.26. The van der Waals surface area contributed by atoms with E-state index in [2.05, 4.69) is 15.6 Å². The molecule has 1 heterocycles. The van der Waals surface area contributed by atoms with Crippen molar-refractivity contribution in [2.24, 2.45) is 0 Å². The Morgan fingerprint density at radius 3 is 2.04 bits per heavy atom. The number of hydrogen-bond donors (Lipinski definition) is 2.